The van der Waals surface area contributed by atoms with Gasteiger partial charge in [0.15, 0.2) is 11.6 Å². The van der Waals surface area contributed by atoms with E-state index in [0.717, 1.165) is 27.6 Å². The third-order valence-corrected chi connectivity index (χ3v) is 7.02. The molecular weight excluding hydrogens is 470 g/mol. The largest absolute Gasteiger partial charge is 0.465 e. The number of anilines is 1. The molecule has 10 heteroatoms. The lowest BCUT2D eigenvalue weighted by molar-refractivity contribution is 0.0814. The highest BCUT2D eigenvalue weighted by Gasteiger charge is 2.30. The molecule has 4 heterocycles. The number of nitrogen functional groups attached to an aromatic ring is 1. The van der Waals surface area contributed by atoms with Gasteiger partial charge in [-0.2, -0.15) is 10.2 Å². The predicted molar refractivity (Wildman–Crippen MR) is 138 cm³/mol. The van der Waals surface area contributed by atoms with Crippen molar-refractivity contribution in [3.05, 3.63) is 78.4 Å². The normalized spacial score (nSPS) is 14.4. The van der Waals surface area contributed by atoms with Gasteiger partial charge in [0, 0.05) is 36.2 Å². The van der Waals surface area contributed by atoms with E-state index in [1.54, 1.807) is 4.52 Å². The summed E-state index contributed by atoms with van der Waals surface area (Å²) in [5, 5.41) is 19.3. The Morgan fingerprint density at radius 3 is 2.59 bits per heavy atom. The van der Waals surface area contributed by atoms with E-state index in [9.17, 15) is 14.7 Å². The van der Waals surface area contributed by atoms with Crippen molar-refractivity contribution in [2.24, 2.45) is 5.92 Å². The van der Waals surface area contributed by atoms with Gasteiger partial charge in [-0.3, -0.25) is 9.48 Å². The summed E-state index contributed by atoms with van der Waals surface area (Å²) in [5.74, 6) is -0.0778. The molecular formula is C27H25N7O3. The van der Waals surface area contributed by atoms with E-state index >= 15 is 0 Å². The Balaban J connectivity index is 1.36. The van der Waals surface area contributed by atoms with Crippen molar-refractivity contribution < 1.29 is 14.7 Å². The minimum Gasteiger partial charge on any atom is -0.465 e. The van der Waals surface area contributed by atoms with Crippen LogP contribution in [0.15, 0.2) is 67.1 Å². The molecule has 5 aromatic rings. The van der Waals surface area contributed by atoms with Crippen LogP contribution in [-0.2, 0) is 6.54 Å². The lowest BCUT2D eigenvalue weighted by atomic mass is 9.91. The number of likely N-dealkylation sites (tertiary alicyclic amines) is 1. The molecule has 1 amide bonds. The Morgan fingerprint density at radius 1 is 1.05 bits per heavy atom. The minimum atomic E-state index is -0.955. The Labute approximate surface area is 211 Å². The van der Waals surface area contributed by atoms with E-state index in [1.165, 1.54) is 11.2 Å². The van der Waals surface area contributed by atoms with Crippen LogP contribution in [0.1, 0.15) is 28.9 Å². The van der Waals surface area contributed by atoms with Crippen molar-refractivity contribution in [1.29, 1.82) is 0 Å². The Morgan fingerprint density at radius 2 is 1.84 bits per heavy atom. The number of hydrogen-bond donors (Lipinski definition) is 2. The van der Waals surface area contributed by atoms with Crippen LogP contribution in [0, 0.1) is 5.92 Å². The maximum Gasteiger partial charge on any atom is 0.407 e. The highest BCUT2D eigenvalue weighted by atomic mass is 16.4. The van der Waals surface area contributed by atoms with Gasteiger partial charge in [-0.15, -0.1) is 0 Å². The molecule has 10 nitrogen and oxygen atoms in total. The molecule has 3 N–H and O–H groups in total. The maximum absolute atomic E-state index is 13.5. The Kier molecular flexibility index (Phi) is 5.56. The molecule has 1 aliphatic heterocycles. The molecule has 0 saturated carbocycles. The van der Waals surface area contributed by atoms with E-state index in [4.69, 9.17) is 10.8 Å². The smallest absolute Gasteiger partial charge is 0.407 e. The molecule has 0 aliphatic carbocycles. The second-order valence-electron chi connectivity index (χ2n) is 9.34. The van der Waals surface area contributed by atoms with Crippen LogP contribution in [0.4, 0.5) is 10.6 Å². The number of nitrogens with two attached hydrogens (primary N) is 1. The summed E-state index contributed by atoms with van der Waals surface area (Å²) in [4.78, 5) is 30.3. The number of fused-ring (bicyclic) bond motifs is 2. The molecule has 0 bridgehead atoms. The number of hydrogen-bond acceptors (Lipinski definition) is 6. The zero-order valence-corrected chi connectivity index (χ0v) is 20.0. The van der Waals surface area contributed by atoms with Gasteiger partial charge in [-0.1, -0.05) is 42.5 Å². The fourth-order valence-corrected chi connectivity index (χ4v) is 5.09. The van der Waals surface area contributed by atoms with Crippen LogP contribution >= 0.6 is 0 Å². The number of rotatable bonds is 5. The molecule has 3 aromatic heterocycles. The Hall–Kier alpha value is -4.73. The molecule has 1 aliphatic rings. The Bertz CT molecular complexity index is 1630. The highest BCUT2D eigenvalue weighted by Crippen LogP contribution is 2.34. The molecule has 6 rings (SSSR count). The standard InChI is InChI=1S/C27H25N7O3/c28-26-24-21(19-6-7-20-15-33(31-22(20)12-19)14-17-4-2-1-3-5-17)13-23(34(24)30-16-29-26)25(35)18-8-10-32(11-9-18)27(36)37/h1-7,12-13,15-16,18H,8-11,14H2,(H,36,37)(H2,28,29,30). The second kappa shape index (κ2) is 9.05. The first-order chi connectivity index (χ1) is 18.0. The molecule has 0 unspecified atom stereocenters. The number of benzene rings is 2. The van der Waals surface area contributed by atoms with Gasteiger partial charge in [-0.05, 0) is 36.1 Å². The second-order valence-corrected chi connectivity index (χ2v) is 9.34. The lowest BCUT2D eigenvalue weighted by Crippen LogP contribution is -2.39. The first kappa shape index (κ1) is 22.7. The van der Waals surface area contributed by atoms with E-state index in [0.29, 0.717) is 43.7 Å². The third kappa shape index (κ3) is 4.16. The molecule has 1 fully saturated rings. The number of ketones is 1. The van der Waals surface area contributed by atoms with Gasteiger partial charge in [0.05, 0.1) is 12.1 Å². The fraction of sp³-hybridized carbons (Fsp3) is 0.222. The predicted octanol–water partition coefficient (Wildman–Crippen LogP) is 3.95. The van der Waals surface area contributed by atoms with Crippen LogP contribution in [0.3, 0.4) is 0 Å². The van der Waals surface area contributed by atoms with E-state index in [2.05, 4.69) is 22.2 Å². The van der Waals surface area contributed by atoms with Crippen LogP contribution in [0.25, 0.3) is 27.5 Å². The third-order valence-electron chi connectivity index (χ3n) is 7.02. The summed E-state index contributed by atoms with van der Waals surface area (Å²) in [6.45, 7) is 1.34. The first-order valence-corrected chi connectivity index (χ1v) is 12.1. The van der Waals surface area contributed by atoms with E-state index in [-0.39, 0.29) is 17.5 Å². The van der Waals surface area contributed by atoms with Crippen molar-refractivity contribution in [1.82, 2.24) is 29.3 Å². The summed E-state index contributed by atoms with van der Waals surface area (Å²) in [6.07, 6.45) is 3.34. The van der Waals surface area contributed by atoms with Gasteiger partial charge in [0.25, 0.3) is 0 Å². The average molecular weight is 496 g/mol. The summed E-state index contributed by atoms with van der Waals surface area (Å²) < 4.78 is 3.47. The van der Waals surface area contributed by atoms with Gasteiger partial charge in [0.2, 0.25) is 0 Å². The van der Waals surface area contributed by atoms with Gasteiger partial charge < -0.3 is 15.7 Å². The van der Waals surface area contributed by atoms with E-state index < -0.39 is 6.09 Å². The number of nitrogens with zero attached hydrogens (tertiary/aromatic N) is 6. The topological polar surface area (TPSA) is 132 Å². The van der Waals surface area contributed by atoms with Crippen LogP contribution in [0.2, 0.25) is 0 Å². The summed E-state index contributed by atoms with van der Waals surface area (Å²) in [5.41, 5.74) is 10.9. The highest BCUT2D eigenvalue weighted by molar-refractivity contribution is 6.02. The maximum atomic E-state index is 13.5. The summed E-state index contributed by atoms with van der Waals surface area (Å²) >= 11 is 0. The van der Waals surface area contributed by atoms with Crippen molar-refractivity contribution in [2.75, 3.05) is 18.8 Å². The van der Waals surface area contributed by atoms with Crippen molar-refractivity contribution in [2.45, 2.75) is 19.4 Å². The monoisotopic (exact) mass is 495 g/mol. The molecule has 37 heavy (non-hydrogen) atoms. The van der Waals surface area contributed by atoms with Gasteiger partial charge in [-0.25, -0.2) is 14.3 Å². The molecule has 2 aromatic carbocycles. The molecule has 0 radical (unpaired) electrons. The van der Waals surface area contributed by atoms with Gasteiger partial charge >= 0.3 is 6.09 Å². The molecule has 186 valence electrons. The number of aromatic nitrogens is 5. The van der Waals surface area contributed by atoms with Crippen LogP contribution in [-0.4, -0.2) is 59.4 Å². The fourth-order valence-electron chi connectivity index (χ4n) is 5.09. The number of Topliss-reactive ketones (excluding diaryl/α,β-unsaturated/α-hetero) is 1. The van der Waals surface area contributed by atoms with Crippen LogP contribution < -0.4 is 5.73 Å². The quantitative estimate of drug-likeness (QED) is 0.353. The summed E-state index contributed by atoms with van der Waals surface area (Å²) in [6, 6.07) is 17.9. The molecule has 0 spiro atoms. The number of carboxylic acid groups (broad SMARTS) is 1. The SMILES string of the molecule is Nc1ncnn2c(C(=O)C3CCN(C(=O)O)CC3)cc(-c3ccc4cn(Cc5ccccc5)nc4c3)c12. The first-order valence-electron chi connectivity index (χ1n) is 12.1. The number of amides is 1. The average Bonchev–Trinajstić information content (AvgIpc) is 3.50. The molecule has 0 atom stereocenters. The minimum absolute atomic E-state index is 0.0717. The summed E-state index contributed by atoms with van der Waals surface area (Å²) in [7, 11) is 0. The van der Waals surface area contributed by atoms with Crippen molar-refractivity contribution in [3.63, 3.8) is 0 Å². The van der Waals surface area contributed by atoms with Crippen molar-refractivity contribution in [3.8, 4) is 11.1 Å². The molecule has 1 saturated heterocycles. The van der Waals surface area contributed by atoms with Crippen molar-refractivity contribution >= 4 is 34.1 Å². The van der Waals surface area contributed by atoms with Gasteiger partial charge in [0.1, 0.15) is 17.5 Å². The van der Waals surface area contributed by atoms with Crippen LogP contribution in [0.5, 0.6) is 0 Å². The number of piperidine rings is 1. The zero-order chi connectivity index (χ0) is 25.5. The zero-order valence-electron chi connectivity index (χ0n) is 20.0. The van der Waals surface area contributed by atoms with E-state index in [1.807, 2.05) is 53.3 Å². The number of carbonyl (C=O) groups is 2. The lowest BCUT2D eigenvalue weighted by Gasteiger charge is -2.28. The number of carbonyl (C=O) groups excluding carboxylic acids is 1.